The highest BCUT2D eigenvalue weighted by atomic mass is 16.5. The molecule has 0 aliphatic carbocycles. The molecule has 1 aliphatic heterocycles. The number of hydrogen-bond acceptors (Lipinski definition) is 5. The van der Waals surface area contributed by atoms with E-state index >= 15 is 0 Å². The lowest BCUT2D eigenvalue weighted by atomic mass is 10.1. The third kappa shape index (κ3) is 2.19. The standard InChI is InChI=1S/C12H14O6/c1-16-7-3-4-8-11(18-6-2-5-17-8)9(7)10(13)12(14)15/h3-4,10,13H,2,5-6H2,1H3,(H,14,15). The number of fused-ring (bicyclic) bond motifs is 1. The first kappa shape index (κ1) is 12.5. The molecule has 1 aromatic rings. The van der Waals surface area contributed by atoms with Crippen molar-refractivity contribution in [2.45, 2.75) is 12.5 Å². The predicted molar refractivity (Wildman–Crippen MR) is 61.2 cm³/mol. The molecule has 2 N–H and O–H groups in total. The normalized spacial score (nSPS) is 15.7. The molecule has 1 heterocycles. The van der Waals surface area contributed by atoms with Crippen molar-refractivity contribution >= 4 is 5.97 Å². The van der Waals surface area contributed by atoms with Crippen molar-refractivity contribution in [1.82, 2.24) is 0 Å². The van der Waals surface area contributed by atoms with E-state index in [1.807, 2.05) is 0 Å². The zero-order chi connectivity index (χ0) is 13.1. The molecule has 98 valence electrons. The molecule has 0 saturated carbocycles. The van der Waals surface area contributed by atoms with E-state index < -0.39 is 12.1 Å². The van der Waals surface area contributed by atoms with Crippen LogP contribution in [0.15, 0.2) is 12.1 Å². The van der Waals surface area contributed by atoms with Crippen molar-refractivity contribution in [3.63, 3.8) is 0 Å². The van der Waals surface area contributed by atoms with Gasteiger partial charge in [0.2, 0.25) is 0 Å². The Balaban J connectivity index is 2.55. The van der Waals surface area contributed by atoms with Crippen LogP contribution in [0.25, 0.3) is 0 Å². The molecular weight excluding hydrogens is 240 g/mol. The van der Waals surface area contributed by atoms with E-state index in [-0.39, 0.29) is 17.1 Å². The van der Waals surface area contributed by atoms with Crippen LogP contribution < -0.4 is 14.2 Å². The number of benzene rings is 1. The summed E-state index contributed by atoms with van der Waals surface area (Å²) in [6.45, 7) is 0.890. The topological polar surface area (TPSA) is 85.2 Å². The number of aliphatic hydroxyl groups excluding tert-OH is 1. The van der Waals surface area contributed by atoms with Crippen molar-refractivity contribution < 1.29 is 29.2 Å². The zero-order valence-electron chi connectivity index (χ0n) is 9.88. The van der Waals surface area contributed by atoms with Gasteiger partial charge in [-0.15, -0.1) is 0 Å². The van der Waals surface area contributed by atoms with E-state index in [4.69, 9.17) is 19.3 Å². The Labute approximate surface area is 104 Å². The molecule has 0 aromatic heterocycles. The lowest BCUT2D eigenvalue weighted by molar-refractivity contribution is -0.147. The van der Waals surface area contributed by atoms with Crippen LogP contribution >= 0.6 is 0 Å². The van der Waals surface area contributed by atoms with Crippen molar-refractivity contribution in [3.8, 4) is 17.2 Å². The monoisotopic (exact) mass is 254 g/mol. The van der Waals surface area contributed by atoms with Gasteiger partial charge in [-0.2, -0.15) is 0 Å². The highest BCUT2D eigenvalue weighted by Gasteiger charge is 2.28. The molecule has 2 rings (SSSR count). The molecule has 6 nitrogen and oxygen atoms in total. The fraction of sp³-hybridized carbons (Fsp3) is 0.417. The van der Waals surface area contributed by atoms with E-state index in [0.717, 1.165) is 0 Å². The number of ether oxygens (including phenoxy) is 3. The van der Waals surface area contributed by atoms with Crippen molar-refractivity contribution in [1.29, 1.82) is 0 Å². The number of rotatable bonds is 3. The van der Waals surface area contributed by atoms with Crippen LogP contribution in [0.5, 0.6) is 17.2 Å². The van der Waals surface area contributed by atoms with Crippen molar-refractivity contribution in [3.05, 3.63) is 17.7 Å². The minimum absolute atomic E-state index is 0.0874. The number of carboxylic acids is 1. The highest BCUT2D eigenvalue weighted by molar-refractivity contribution is 5.77. The van der Waals surface area contributed by atoms with Gasteiger partial charge in [0.1, 0.15) is 5.75 Å². The predicted octanol–water partition coefficient (Wildman–Crippen LogP) is 0.975. The maximum atomic E-state index is 10.9. The van der Waals surface area contributed by atoms with Crippen LogP contribution in [0.1, 0.15) is 18.1 Å². The number of aliphatic carboxylic acids is 1. The molecule has 0 amide bonds. The molecule has 0 radical (unpaired) electrons. The second-order valence-corrected chi connectivity index (χ2v) is 3.80. The van der Waals surface area contributed by atoms with Gasteiger partial charge >= 0.3 is 5.97 Å². The summed E-state index contributed by atoms with van der Waals surface area (Å²) in [4.78, 5) is 10.9. The van der Waals surface area contributed by atoms with E-state index in [9.17, 15) is 9.90 Å². The van der Waals surface area contributed by atoms with Gasteiger partial charge in [-0.25, -0.2) is 4.79 Å². The van der Waals surface area contributed by atoms with Gasteiger partial charge in [-0.05, 0) is 12.1 Å². The Morgan fingerprint density at radius 3 is 2.78 bits per heavy atom. The fourth-order valence-corrected chi connectivity index (χ4v) is 1.80. The first-order valence-corrected chi connectivity index (χ1v) is 5.52. The summed E-state index contributed by atoms with van der Waals surface area (Å²) in [5, 5.41) is 18.7. The van der Waals surface area contributed by atoms with Gasteiger partial charge in [-0.1, -0.05) is 0 Å². The van der Waals surface area contributed by atoms with E-state index in [2.05, 4.69) is 0 Å². The first-order valence-electron chi connectivity index (χ1n) is 5.52. The third-order valence-corrected chi connectivity index (χ3v) is 2.64. The summed E-state index contributed by atoms with van der Waals surface area (Å²) < 4.78 is 16.0. The summed E-state index contributed by atoms with van der Waals surface area (Å²) in [5.74, 6) is -0.450. The second-order valence-electron chi connectivity index (χ2n) is 3.80. The summed E-state index contributed by atoms with van der Waals surface area (Å²) in [7, 11) is 1.40. The third-order valence-electron chi connectivity index (χ3n) is 2.64. The van der Waals surface area contributed by atoms with Crippen LogP contribution in [0.2, 0.25) is 0 Å². The molecule has 0 bridgehead atoms. The van der Waals surface area contributed by atoms with E-state index in [1.165, 1.54) is 7.11 Å². The fourth-order valence-electron chi connectivity index (χ4n) is 1.80. The molecule has 1 atom stereocenters. The van der Waals surface area contributed by atoms with Gasteiger partial charge in [0, 0.05) is 6.42 Å². The molecule has 1 unspecified atom stereocenters. The number of methoxy groups -OCH3 is 1. The SMILES string of the molecule is COc1ccc2c(c1C(O)C(=O)O)OCCCO2. The highest BCUT2D eigenvalue weighted by Crippen LogP contribution is 2.42. The van der Waals surface area contributed by atoms with Gasteiger partial charge in [-0.3, -0.25) is 0 Å². The van der Waals surface area contributed by atoms with Gasteiger partial charge < -0.3 is 24.4 Å². The summed E-state index contributed by atoms with van der Waals surface area (Å²) >= 11 is 0. The maximum Gasteiger partial charge on any atom is 0.337 e. The minimum Gasteiger partial charge on any atom is -0.496 e. The largest absolute Gasteiger partial charge is 0.496 e. The van der Waals surface area contributed by atoms with Crippen molar-refractivity contribution in [2.75, 3.05) is 20.3 Å². The Kier molecular flexibility index (Phi) is 3.57. The molecule has 18 heavy (non-hydrogen) atoms. The smallest absolute Gasteiger partial charge is 0.337 e. The number of aliphatic hydroxyl groups is 1. The van der Waals surface area contributed by atoms with Gasteiger partial charge in [0.25, 0.3) is 0 Å². The quantitative estimate of drug-likeness (QED) is 0.836. The molecule has 0 spiro atoms. The second kappa shape index (κ2) is 5.14. The Morgan fingerprint density at radius 1 is 1.39 bits per heavy atom. The molecule has 6 heteroatoms. The summed E-state index contributed by atoms with van der Waals surface area (Å²) in [6.07, 6.45) is -1.02. The van der Waals surface area contributed by atoms with Gasteiger partial charge in [0.15, 0.2) is 17.6 Å². The van der Waals surface area contributed by atoms with E-state index in [1.54, 1.807) is 12.1 Å². The van der Waals surface area contributed by atoms with Crippen LogP contribution in [-0.4, -0.2) is 36.5 Å². The van der Waals surface area contributed by atoms with Gasteiger partial charge in [0.05, 0.1) is 25.9 Å². The van der Waals surface area contributed by atoms with Crippen molar-refractivity contribution in [2.24, 2.45) is 0 Å². The van der Waals surface area contributed by atoms with Crippen LogP contribution in [-0.2, 0) is 4.79 Å². The van der Waals surface area contributed by atoms with E-state index in [0.29, 0.717) is 25.4 Å². The number of hydrogen-bond donors (Lipinski definition) is 2. The molecule has 1 aromatic carbocycles. The van der Waals surface area contributed by atoms with Crippen LogP contribution in [0.3, 0.4) is 0 Å². The number of carboxylic acid groups (broad SMARTS) is 1. The lowest BCUT2D eigenvalue weighted by Crippen LogP contribution is -2.13. The zero-order valence-corrected chi connectivity index (χ0v) is 9.88. The average molecular weight is 254 g/mol. The summed E-state index contributed by atoms with van der Waals surface area (Å²) in [5.41, 5.74) is 0.0874. The Hall–Kier alpha value is -1.95. The molecule has 0 fully saturated rings. The van der Waals surface area contributed by atoms with Crippen LogP contribution in [0, 0.1) is 0 Å². The maximum absolute atomic E-state index is 10.9. The Bertz CT molecular complexity index is 456. The lowest BCUT2D eigenvalue weighted by Gasteiger charge is -2.17. The van der Waals surface area contributed by atoms with Crippen LogP contribution in [0.4, 0.5) is 0 Å². The summed E-state index contributed by atoms with van der Waals surface area (Å²) in [6, 6.07) is 3.19. The molecular formula is C12H14O6. The minimum atomic E-state index is -1.71. The average Bonchev–Trinajstić information content (AvgIpc) is 2.61. The molecule has 0 saturated heterocycles. The molecule has 1 aliphatic rings. The number of carbonyl (C=O) groups is 1. The Morgan fingerprint density at radius 2 is 2.11 bits per heavy atom. The first-order chi connectivity index (χ1) is 8.65.